The smallest absolute Gasteiger partial charge is 0.143 e. The first-order valence-electron chi connectivity index (χ1n) is 5.17. The van der Waals surface area contributed by atoms with Crippen LogP contribution < -0.4 is 0 Å². The summed E-state index contributed by atoms with van der Waals surface area (Å²) in [5.74, 6) is -0.413. The number of aromatic nitrogens is 2. The van der Waals surface area contributed by atoms with Crippen LogP contribution in [0.3, 0.4) is 0 Å². The average molecular weight is 299 g/mol. The molecule has 0 saturated carbocycles. The van der Waals surface area contributed by atoms with Crippen molar-refractivity contribution in [2.24, 2.45) is 7.05 Å². The minimum absolute atomic E-state index is 0.295. The monoisotopic (exact) mass is 298 g/mol. The van der Waals surface area contributed by atoms with Gasteiger partial charge in [0, 0.05) is 25.2 Å². The molecule has 1 aromatic carbocycles. The number of halogens is 2. The number of aliphatic hydroxyl groups excluding tert-OH is 1. The molecule has 0 spiro atoms. The van der Waals surface area contributed by atoms with E-state index in [1.807, 2.05) is 0 Å². The van der Waals surface area contributed by atoms with Crippen molar-refractivity contribution >= 4 is 15.9 Å². The van der Waals surface area contributed by atoms with Crippen molar-refractivity contribution < 1.29 is 9.50 Å². The maximum atomic E-state index is 13.7. The summed E-state index contributed by atoms with van der Waals surface area (Å²) in [4.78, 5) is 0. The lowest BCUT2D eigenvalue weighted by atomic mass is 10.0. The predicted octanol–water partition coefficient (Wildman–Crippen LogP) is 2.60. The molecule has 1 N–H and O–H groups in total. The second-order valence-corrected chi connectivity index (χ2v) is 4.74. The lowest BCUT2D eigenvalue weighted by Gasteiger charge is -2.11. The van der Waals surface area contributed by atoms with Gasteiger partial charge in [0.1, 0.15) is 5.82 Å². The largest absolute Gasteiger partial charge is 0.388 e. The van der Waals surface area contributed by atoms with Crippen LogP contribution in [0.2, 0.25) is 0 Å². The molecule has 2 rings (SSSR count). The second kappa shape index (κ2) is 4.98. The average Bonchev–Trinajstić information content (AvgIpc) is 2.68. The highest BCUT2D eigenvalue weighted by molar-refractivity contribution is 9.10. The van der Waals surface area contributed by atoms with E-state index >= 15 is 0 Å². The highest BCUT2D eigenvalue weighted by Crippen LogP contribution is 2.25. The summed E-state index contributed by atoms with van der Waals surface area (Å²) in [5, 5.41) is 14.0. The molecule has 0 aliphatic heterocycles. The Morgan fingerprint density at radius 3 is 2.94 bits per heavy atom. The number of hydrogen-bond donors (Lipinski definition) is 1. The summed E-state index contributed by atoms with van der Waals surface area (Å²) in [6, 6.07) is 4.89. The van der Waals surface area contributed by atoms with Crippen molar-refractivity contribution in [2.75, 3.05) is 0 Å². The Balaban J connectivity index is 2.20. The van der Waals surface area contributed by atoms with Crippen LogP contribution in [0.15, 0.2) is 35.1 Å². The van der Waals surface area contributed by atoms with E-state index in [1.165, 1.54) is 0 Å². The number of aliphatic hydroxyl groups is 1. The van der Waals surface area contributed by atoms with Crippen LogP contribution in [0.25, 0.3) is 0 Å². The third kappa shape index (κ3) is 2.73. The highest BCUT2D eigenvalue weighted by atomic mass is 79.9. The Kier molecular flexibility index (Phi) is 3.59. The van der Waals surface area contributed by atoms with E-state index in [-0.39, 0.29) is 0 Å². The molecule has 0 amide bonds. The molecule has 2 aromatic rings. The predicted molar refractivity (Wildman–Crippen MR) is 66.0 cm³/mol. The van der Waals surface area contributed by atoms with E-state index in [2.05, 4.69) is 21.0 Å². The summed E-state index contributed by atoms with van der Waals surface area (Å²) >= 11 is 3.10. The first-order chi connectivity index (χ1) is 8.08. The molecule has 3 nitrogen and oxygen atoms in total. The zero-order chi connectivity index (χ0) is 12.4. The molecule has 0 bridgehead atoms. The molecule has 0 saturated heterocycles. The van der Waals surface area contributed by atoms with Crippen molar-refractivity contribution in [1.29, 1.82) is 0 Å². The van der Waals surface area contributed by atoms with Crippen LogP contribution in [0, 0.1) is 5.82 Å². The molecule has 90 valence electrons. The first kappa shape index (κ1) is 12.3. The van der Waals surface area contributed by atoms with Gasteiger partial charge in [0.2, 0.25) is 0 Å². The van der Waals surface area contributed by atoms with Crippen LogP contribution in [-0.4, -0.2) is 14.9 Å². The van der Waals surface area contributed by atoms with Crippen molar-refractivity contribution in [3.05, 3.63) is 52.0 Å². The molecule has 0 radical (unpaired) electrons. The first-order valence-corrected chi connectivity index (χ1v) is 5.96. The Bertz CT molecular complexity index is 527. The van der Waals surface area contributed by atoms with Gasteiger partial charge in [-0.15, -0.1) is 0 Å². The van der Waals surface area contributed by atoms with E-state index in [4.69, 9.17) is 0 Å². The Hall–Kier alpha value is -1.20. The normalized spacial score (nSPS) is 12.7. The summed E-state index contributed by atoms with van der Waals surface area (Å²) in [6.45, 7) is 0. The molecular weight excluding hydrogens is 287 g/mol. The van der Waals surface area contributed by atoms with E-state index in [0.29, 0.717) is 16.5 Å². The molecule has 17 heavy (non-hydrogen) atoms. The zero-order valence-electron chi connectivity index (χ0n) is 9.27. The Morgan fingerprint density at radius 2 is 2.29 bits per heavy atom. The Morgan fingerprint density at radius 1 is 1.53 bits per heavy atom. The summed E-state index contributed by atoms with van der Waals surface area (Å²) in [7, 11) is 1.80. The lowest BCUT2D eigenvalue weighted by Crippen LogP contribution is -2.04. The van der Waals surface area contributed by atoms with Crippen LogP contribution in [0.1, 0.15) is 17.2 Å². The molecule has 1 atom stereocenters. The highest BCUT2D eigenvalue weighted by Gasteiger charge is 2.15. The number of aryl methyl sites for hydroxylation is 1. The third-order valence-electron chi connectivity index (χ3n) is 2.53. The minimum atomic E-state index is -0.864. The number of nitrogens with zero attached hydrogens (tertiary/aromatic N) is 2. The fraction of sp³-hybridized carbons (Fsp3) is 0.250. The Labute approximate surface area is 107 Å². The fourth-order valence-electron chi connectivity index (χ4n) is 1.69. The van der Waals surface area contributed by atoms with Crippen molar-refractivity contribution in [2.45, 2.75) is 12.5 Å². The van der Waals surface area contributed by atoms with E-state index < -0.39 is 11.9 Å². The van der Waals surface area contributed by atoms with Crippen molar-refractivity contribution in [3.63, 3.8) is 0 Å². The summed E-state index contributed by atoms with van der Waals surface area (Å²) in [6.07, 6.45) is 2.95. The van der Waals surface area contributed by atoms with Crippen molar-refractivity contribution in [3.8, 4) is 0 Å². The molecule has 1 heterocycles. The quantitative estimate of drug-likeness (QED) is 0.946. The molecule has 5 heteroatoms. The van der Waals surface area contributed by atoms with E-state index in [9.17, 15) is 9.50 Å². The van der Waals surface area contributed by atoms with Crippen LogP contribution in [0.4, 0.5) is 4.39 Å². The van der Waals surface area contributed by atoms with Crippen molar-refractivity contribution in [1.82, 2.24) is 9.78 Å². The zero-order valence-corrected chi connectivity index (χ0v) is 10.9. The standard InChI is InChI=1S/C12H12BrFN2O/c1-16-7-8(6-15-16)5-11(17)9-3-2-4-10(13)12(9)14/h2-4,6-7,11,17H,5H2,1H3. The van der Waals surface area contributed by atoms with Gasteiger partial charge in [0.05, 0.1) is 16.8 Å². The summed E-state index contributed by atoms with van der Waals surface area (Å²) in [5.41, 5.74) is 1.17. The van der Waals surface area contributed by atoms with Crippen LogP contribution in [0.5, 0.6) is 0 Å². The number of rotatable bonds is 3. The summed E-state index contributed by atoms with van der Waals surface area (Å²) < 4.78 is 15.7. The fourth-order valence-corrected chi connectivity index (χ4v) is 2.07. The number of benzene rings is 1. The maximum absolute atomic E-state index is 13.7. The minimum Gasteiger partial charge on any atom is -0.388 e. The third-order valence-corrected chi connectivity index (χ3v) is 3.14. The van der Waals surface area contributed by atoms with Gasteiger partial charge < -0.3 is 5.11 Å². The maximum Gasteiger partial charge on any atom is 0.143 e. The molecule has 0 aliphatic carbocycles. The molecule has 0 aliphatic rings. The van der Waals surface area contributed by atoms with Gasteiger partial charge in [-0.05, 0) is 27.6 Å². The molecule has 0 fully saturated rings. The van der Waals surface area contributed by atoms with Gasteiger partial charge in [0.15, 0.2) is 0 Å². The van der Waals surface area contributed by atoms with Gasteiger partial charge in [-0.25, -0.2) is 4.39 Å². The molecule has 1 unspecified atom stereocenters. The SMILES string of the molecule is Cn1cc(CC(O)c2cccc(Br)c2F)cn1. The molecule has 1 aromatic heterocycles. The van der Waals surface area contributed by atoms with Crippen LogP contribution in [-0.2, 0) is 13.5 Å². The lowest BCUT2D eigenvalue weighted by molar-refractivity contribution is 0.173. The van der Waals surface area contributed by atoms with Gasteiger partial charge in [-0.3, -0.25) is 4.68 Å². The topological polar surface area (TPSA) is 38.0 Å². The van der Waals surface area contributed by atoms with Gasteiger partial charge >= 0.3 is 0 Å². The van der Waals surface area contributed by atoms with E-state index in [1.54, 1.807) is 42.3 Å². The molecular formula is C12H12BrFN2O. The van der Waals surface area contributed by atoms with E-state index in [0.717, 1.165) is 5.56 Å². The number of hydrogen-bond acceptors (Lipinski definition) is 2. The van der Waals surface area contributed by atoms with Gasteiger partial charge in [0.25, 0.3) is 0 Å². The second-order valence-electron chi connectivity index (χ2n) is 3.89. The van der Waals surface area contributed by atoms with Crippen LogP contribution >= 0.6 is 15.9 Å². The van der Waals surface area contributed by atoms with Gasteiger partial charge in [-0.1, -0.05) is 12.1 Å². The van der Waals surface area contributed by atoms with Gasteiger partial charge in [-0.2, -0.15) is 5.10 Å².